The Morgan fingerprint density at radius 2 is 1.95 bits per heavy atom. The lowest BCUT2D eigenvalue weighted by Crippen LogP contribution is -2.36. The van der Waals surface area contributed by atoms with Crippen LogP contribution in [0.3, 0.4) is 0 Å². The Labute approximate surface area is 134 Å². The molecule has 2 aromatic rings. The average molecular weight is 354 g/mol. The molecule has 0 amide bonds. The minimum atomic E-state index is 0.246. The molecule has 2 rings (SSSR count). The fraction of sp³-hybridized carbons (Fsp3) is 0.529. The summed E-state index contributed by atoms with van der Waals surface area (Å²) in [6, 6.07) is 6.50. The standard InChI is InChI=1S/C17H24BrNS/c1-17(2,3)19-11-6-4-5-8-13-12-20-16-14(13)9-7-10-15(16)18/h7,9-10,12,19H,4-6,8,11H2,1-3H3. The highest BCUT2D eigenvalue weighted by Crippen LogP contribution is 2.32. The monoisotopic (exact) mass is 353 g/mol. The van der Waals surface area contributed by atoms with Crippen LogP contribution in [-0.2, 0) is 6.42 Å². The normalized spacial score (nSPS) is 12.2. The highest BCUT2D eigenvalue weighted by Gasteiger charge is 2.08. The molecule has 0 saturated heterocycles. The lowest BCUT2D eigenvalue weighted by molar-refractivity contribution is 0.417. The van der Waals surface area contributed by atoms with Crippen LogP contribution in [-0.4, -0.2) is 12.1 Å². The van der Waals surface area contributed by atoms with Crippen LogP contribution < -0.4 is 5.32 Å². The van der Waals surface area contributed by atoms with Crippen molar-refractivity contribution in [3.05, 3.63) is 33.6 Å². The molecule has 110 valence electrons. The summed E-state index contributed by atoms with van der Waals surface area (Å²) >= 11 is 5.49. The molecule has 0 atom stereocenters. The van der Waals surface area contributed by atoms with Crippen LogP contribution in [0, 0.1) is 0 Å². The first-order chi connectivity index (χ1) is 9.47. The van der Waals surface area contributed by atoms with E-state index in [2.05, 4.69) is 65.6 Å². The number of hydrogen-bond acceptors (Lipinski definition) is 2. The third kappa shape index (κ3) is 4.57. The van der Waals surface area contributed by atoms with E-state index in [0.717, 1.165) is 6.54 Å². The molecule has 20 heavy (non-hydrogen) atoms. The summed E-state index contributed by atoms with van der Waals surface area (Å²) in [6.07, 6.45) is 5.05. The van der Waals surface area contributed by atoms with E-state index in [-0.39, 0.29) is 5.54 Å². The Balaban J connectivity index is 1.78. The van der Waals surface area contributed by atoms with Crippen molar-refractivity contribution in [2.45, 2.75) is 52.0 Å². The van der Waals surface area contributed by atoms with Crippen molar-refractivity contribution in [2.75, 3.05) is 6.54 Å². The first-order valence-electron chi connectivity index (χ1n) is 7.37. The van der Waals surface area contributed by atoms with Gasteiger partial charge in [0.15, 0.2) is 0 Å². The number of thiophene rings is 1. The van der Waals surface area contributed by atoms with E-state index >= 15 is 0 Å². The molecular weight excluding hydrogens is 330 g/mol. The van der Waals surface area contributed by atoms with Crippen LogP contribution in [0.5, 0.6) is 0 Å². The molecule has 1 nitrogen and oxygen atoms in total. The molecule has 1 aromatic heterocycles. The van der Waals surface area contributed by atoms with E-state index in [1.807, 2.05) is 11.3 Å². The van der Waals surface area contributed by atoms with Gasteiger partial charge in [-0.2, -0.15) is 0 Å². The summed E-state index contributed by atoms with van der Waals surface area (Å²) in [4.78, 5) is 0. The van der Waals surface area contributed by atoms with Crippen molar-refractivity contribution < 1.29 is 0 Å². The zero-order valence-corrected chi connectivity index (χ0v) is 15.0. The van der Waals surface area contributed by atoms with Crippen LogP contribution in [0.1, 0.15) is 45.6 Å². The second-order valence-corrected chi connectivity index (χ2v) is 8.10. The van der Waals surface area contributed by atoms with Gasteiger partial charge >= 0.3 is 0 Å². The smallest absolute Gasteiger partial charge is 0.0487 e. The van der Waals surface area contributed by atoms with Crippen molar-refractivity contribution in [3.8, 4) is 0 Å². The number of fused-ring (bicyclic) bond motifs is 1. The molecule has 0 spiro atoms. The molecule has 3 heteroatoms. The van der Waals surface area contributed by atoms with Crippen molar-refractivity contribution in [2.24, 2.45) is 0 Å². The second kappa shape index (κ2) is 7.06. The molecule has 0 saturated carbocycles. The third-order valence-electron chi connectivity index (χ3n) is 3.41. The summed E-state index contributed by atoms with van der Waals surface area (Å²) in [5.74, 6) is 0. The van der Waals surface area contributed by atoms with Gasteiger partial charge in [0, 0.05) is 14.7 Å². The van der Waals surface area contributed by atoms with Crippen molar-refractivity contribution in [1.82, 2.24) is 5.32 Å². The Morgan fingerprint density at radius 1 is 1.15 bits per heavy atom. The highest BCUT2D eigenvalue weighted by molar-refractivity contribution is 9.10. The third-order valence-corrected chi connectivity index (χ3v) is 5.41. The number of nitrogens with one attached hydrogen (secondary N) is 1. The molecule has 0 radical (unpaired) electrons. The van der Waals surface area contributed by atoms with Crippen LogP contribution in [0.15, 0.2) is 28.1 Å². The van der Waals surface area contributed by atoms with Gasteiger partial charge in [0.2, 0.25) is 0 Å². The molecular formula is C17H24BrNS. The SMILES string of the molecule is CC(C)(C)NCCCCCc1csc2c(Br)cccc12. The van der Waals surface area contributed by atoms with E-state index in [0.29, 0.717) is 0 Å². The van der Waals surface area contributed by atoms with E-state index in [1.165, 1.54) is 45.8 Å². The van der Waals surface area contributed by atoms with E-state index in [9.17, 15) is 0 Å². The lowest BCUT2D eigenvalue weighted by atomic mass is 10.1. The molecule has 0 unspecified atom stereocenters. The van der Waals surface area contributed by atoms with Gasteiger partial charge in [0.1, 0.15) is 0 Å². The van der Waals surface area contributed by atoms with E-state index in [1.54, 1.807) is 0 Å². The maximum Gasteiger partial charge on any atom is 0.0487 e. The van der Waals surface area contributed by atoms with Crippen molar-refractivity contribution >= 4 is 37.4 Å². The fourth-order valence-corrected chi connectivity index (χ4v) is 4.01. The summed E-state index contributed by atoms with van der Waals surface area (Å²) in [7, 11) is 0. The van der Waals surface area contributed by atoms with Crippen LogP contribution in [0.25, 0.3) is 10.1 Å². The van der Waals surface area contributed by atoms with Gasteiger partial charge in [-0.3, -0.25) is 0 Å². The molecule has 0 aliphatic heterocycles. The predicted molar refractivity (Wildman–Crippen MR) is 94.8 cm³/mol. The van der Waals surface area contributed by atoms with Gasteiger partial charge in [0.25, 0.3) is 0 Å². The van der Waals surface area contributed by atoms with E-state index in [4.69, 9.17) is 0 Å². The van der Waals surface area contributed by atoms with Gasteiger partial charge < -0.3 is 5.32 Å². The van der Waals surface area contributed by atoms with Crippen LogP contribution in [0.2, 0.25) is 0 Å². The summed E-state index contributed by atoms with van der Waals surface area (Å²) in [5, 5.41) is 7.30. The number of aryl methyl sites for hydroxylation is 1. The van der Waals surface area contributed by atoms with E-state index < -0.39 is 0 Å². The molecule has 0 bridgehead atoms. The van der Waals surface area contributed by atoms with Gasteiger partial charge in [0.05, 0.1) is 0 Å². The first kappa shape index (κ1) is 16.0. The molecule has 0 aliphatic rings. The molecule has 1 N–H and O–H groups in total. The maximum atomic E-state index is 3.63. The topological polar surface area (TPSA) is 12.0 Å². The molecule has 0 fully saturated rings. The summed E-state index contributed by atoms with van der Waals surface area (Å²) in [6.45, 7) is 7.80. The Hall–Kier alpha value is -0.380. The Morgan fingerprint density at radius 3 is 2.70 bits per heavy atom. The zero-order valence-electron chi connectivity index (χ0n) is 12.6. The largest absolute Gasteiger partial charge is 0.312 e. The number of rotatable bonds is 6. The van der Waals surface area contributed by atoms with Crippen molar-refractivity contribution in [3.63, 3.8) is 0 Å². The van der Waals surface area contributed by atoms with Gasteiger partial charge in [-0.15, -0.1) is 11.3 Å². The number of halogens is 1. The van der Waals surface area contributed by atoms with Crippen LogP contribution in [0.4, 0.5) is 0 Å². The molecule has 1 aromatic carbocycles. The minimum Gasteiger partial charge on any atom is -0.312 e. The Bertz CT molecular complexity index is 554. The van der Waals surface area contributed by atoms with Gasteiger partial charge in [-0.25, -0.2) is 0 Å². The number of hydrogen-bond donors (Lipinski definition) is 1. The van der Waals surface area contributed by atoms with Crippen LogP contribution >= 0.6 is 27.3 Å². The number of unbranched alkanes of at least 4 members (excludes halogenated alkanes) is 2. The van der Waals surface area contributed by atoms with Crippen molar-refractivity contribution in [1.29, 1.82) is 0 Å². The molecule has 1 heterocycles. The average Bonchev–Trinajstić information content (AvgIpc) is 2.77. The highest BCUT2D eigenvalue weighted by atomic mass is 79.9. The summed E-state index contributed by atoms with van der Waals surface area (Å²) < 4.78 is 2.61. The van der Waals surface area contributed by atoms with Gasteiger partial charge in [-0.05, 0) is 84.9 Å². The Kier molecular flexibility index (Phi) is 5.65. The summed E-state index contributed by atoms with van der Waals surface area (Å²) in [5.41, 5.74) is 1.76. The second-order valence-electron chi connectivity index (χ2n) is 6.36. The maximum absolute atomic E-state index is 3.63. The first-order valence-corrected chi connectivity index (χ1v) is 9.04. The zero-order chi connectivity index (χ0) is 14.6. The van der Waals surface area contributed by atoms with Gasteiger partial charge in [-0.1, -0.05) is 18.6 Å². The lowest BCUT2D eigenvalue weighted by Gasteiger charge is -2.20. The predicted octanol–water partition coefficient (Wildman–Crippen LogP) is 5.76. The molecule has 0 aliphatic carbocycles. The quantitative estimate of drug-likeness (QED) is 0.650. The minimum absolute atomic E-state index is 0.246. The number of benzene rings is 1. The fourth-order valence-electron chi connectivity index (χ4n) is 2.35.